The third kappa shape index (κ3) is 6.22. The van der Waals surface area contributed by atoms with E-state index in [-0.39, 0.29) is 12.6 Å². The number of anilines is 1. The van der Waals surface area contributed by atoms with Crippen molar-refractivity contribution in [2.24, 2.45) is 5.73 Å². The molecule has 0 radical (unpaired) electrons. The molecule has 1 aromatic heterocycles. The van der Waals surface area contributed by atoms with Crippen molar-refractivity contribution in [3.8, 4) is 22.6 Å². The first-order chi connectivity index (χ1) is 15.6. The van der Waals surface area contributed by atoms with Gasteiger partial charge in [0.15, 0.2) is 0 Å². The normalized spacial score (nSPS) is 10.6. The van der Waals surface area contributed by atoms with Gasteiger partial charge in [0.2, 0.25) is 0 Å². The molecule has 0 saturated heterocycles. The summed E-state index contributed by atoms with van der Waals surface area (Å²) in [5.41, 5.74) is 9.01. The van der Waals surface area contributed by atoms with Crippen molar-refractivity contribution in [2.75, 3.05) is 38.7 Å². The maximum atomic E-state index is 13.1. The van der Waals surface area contributed by atoms with Crippen LogP contribution in [0, 0.1) is 0 Å². The molecule has 3 aromatic rings. The predicted molar refractivity (Wildman–Crippen MR) is 123 cm³/mol. The van der Waals surface area contributed by atoms with Gasteiger partial charge in [0.05, 0.1) is 25.6 Å². The standard InChI is InChI=1S/C23H29N5O4/c1-31-20-5-2-4-17(12-20)16-28(9-8-24)23(30)27-21-7-6-18(19-14-25-26-15-19)13-22(21)32-11-3-10-29/h2,4-7,12-15,29H,3,8-11,16,24H2,1H3,(H,25,26)(H,27,30). The number of urea groups is 1. The summed E-state index contributed by atoms with van der Waals surface area (Å²) in [4.78, 5) is 14.7. The molecule has 2 amide bonds. The lowest BCUT2D eigenvalue weighted by atomic mass is 10.1. The lowest BCUT2D eigenvalue weighted by molar-refractivity contribution is 0.210. The summed E-state index contributed by atoms with van der Waals surface area (Å²) in [7, 11) is 1.61. The van der Waals surface area contributed by atoms with Gasteiger partial charge in [-0.2, -0.15) is 5.10 Å². The second-order valence-corrected chi connectivity index (χ2v) is 7.12. The van der Waals surface area contributed by atoms with Crippen molar-refractivity contribution in [1.29, 1.82) is 0 Å². The number of methoxy groups -OCH3 is 1. The summed E-state index contributed by atoms with van der Waals surface area (Å²) in [6, 6.07) is 12.8. The van der Waals surface area contributed by atoms with Gasteiger partial charge in [-0.25, -0.2) is 4.79 Å². The molecule has 0 saturated carbocycles. The van der Waals surface area contributed by atoms with E-state index in [0.717, 1.165) is 22.4 Å². The zero-order chi connectivity index (χ0) is 22.8. The molecule has 0 aliphatic carbocycles. The van der Waals surface area contributed by atoms with Crippen molar-refractivity contribution in [2.45, 2.75) is 13.0 Å². The smallest absolute Gasteiger partial charge is 0.322 e. The fraction of sp³-hybridized carbons (Fsp3) is 0.304. The number of amides is 2. The van der Waals surface area contributed by atoms with Crippen LogP contribution in [0.15, 0.2) is 54.9 Å². The molecule has 170 valence electrons. The minimum atomic E-state index is -0.290. The Morgan fingerprint density at radius 3 is 2.84 bits per heavy atom. The van der Waals surface area contributed by atoms with Crippen LogP contribution in [0.2, 0.25) is 0 Å². The van der Waals surface area contributed by atoms with E-state index in [1.165, 1.54) is 0 Å². The van der Waals surface area contributed by atoms with Crippen LogP contribution in [-0.2, 0) is 6.54 Å². The average Bonchev–Trinajstić information content (AvgIpc) is 3.35. The van der Waals surface area contributed by atoms with Crippen LogP contribution in [0.25, 0.3) is 11.1 Å². The number of benzene rings is 2. The van der Waals surface area contributed by atoms with Crippen molar-refractivity contribution in [3.05, 3.63) is 60.4 Å². The highest BCUT2D eigenvalue weighted by Crippen LogP contribution is 2.31. The van der Waals surface area contributed by atoms with Crippen molar-refractivity contribution >= 4 is 11.7 Å². The number of nitrogens with zero attached hydrogens (tertiary/aromatic N) is 2. The summed E-state index contributed by atoms with van der Waals surface area (Å²) in [6.07, 6.45) is 3.98. The third-order valence-electron chi connectivity index (χ3n) is 4.81. The fourth-order valence-electron chi connectivity index (χ4n) is 3.17. The zero-order valence-electron chi connectivity index (χ0n) is 18.1. The first-order valence-electron chi connectivity index (χ1n) is 10.4. The molecule has 0 aliphatic rings. The number of aromatic amines is 1. The molecule has 1 heterocycles. The van der Waals surface area contributed by atoms with Crippen molar-refractivity contribution in [1.82, 2.24) is 15.1 Å². The van der Waals surface area contributed by atoms with Crippen molar-refractivity contribution in [3.63, 3.8) is 0 Å². The Kier molecular flexibility index (Phi) is 8.47. The maximum absolute atomic E-state index is 13.1. The van der Waals surface area contributed by atoms with Gasteiger partial charge >= 0.3 is 6.03 Å². The van der Waals surface area contributed by atoms with E-state index in [0.29, 0.717) is 44.1 Å². The first kappa shape index (κ1) is 23.1. The molecule has 5 N–H and O–H groups in total. The molecule has 9 nitrogen and oxygen atoms in total. The van der Waals surface area contributed by atoms with Gasteiger partial charge in [-0.15, -0.1) is 0 Å². The van der Waals surface area contributed by atoms with E-state index in [2.05, 4.69) is 15.5 Å². The minimum absolute atomic E-state index is 0.0218. The van der Waals surface area contributed by atoms with Crippen molar-refractivity contribution < 1.29 is 19.4 Å². The Labute approximate surface area is 187 Å². The molecule has 0 bridgehead atoms. The topological polar surface area (TPSA) is 126 Å². The van der Waals surface area contributed by atoms with Gasteiger partial charge in [-0.3, -0.25) is 5.10 Å². The molecule has 9 heteroatoms. The number of aromatic nitrogens is 2. The van der Waals surface area contributed by atoms with E-state index in [1.54, 1.807) is 30.5 Å². The Bertz CT molecular complexity index is 994. The monoisotopic (exact) mass is 439 g/mol. The third-order valence-corrected chi connectivity index (χ3v) is 4.81. The number of H-pyrrole nitrogens is 1. The van der Waals surface area contributed by atoms with Crippen LogP contribution in [0.4, 0.5) is 10.5 Å². The van der Waals surface area contributed by atoms with Crippen LogP contribution in [0.3, 0.4) is 0 Å². The van der Waals surface area contributed by atoms with Gasteiger partial charge in [-0.1, -0.05) is 18.2 Å². The molecular formula is C23H29N5O4. The fourth-order valence-corrected chi connectivity index (χ4v) is 3.17. The second-order valence-electron chi connectivity index (χ2n) is 7.12. The number of aliphatic hydroxyl groups excluding tert-OH is 1. The van der Waals surface area contributed by atoms with E-state index in [4.69, 9.17) is 20.3 Å². The number of hydrogen-bond donors (Lipinski definition) is 4. The van der Waals surface area contributed by atoms with Crippen LogP contribution < -0.4 is 20.5 Å². The first-order valence-corrected chi connectivity index (χ1v) is 10.4. The summed E-state index contributed by atoms with van der Waals surface area (Å²) >= 11 is 0. The second kappa shape index (κ2) is 11.7. The highest BCUT2D eigenvalue weighted by Gasteiger charge is 2.17. The molecule has 0 unspecified atom stereocenters. The zero-order valence-corrected chi connectivity index (χ0v) is 18.1. The number of aliphatic hydroxyl groups is 1. The van der Waals surface area contributed by atoms with E-state index >= 15 is 0 Å². The minimum Gasteiger partial charge on any atom is -0.497 e. The maximum Gasteiger partial charge on any atom is 0.322 e. The Balaban J connectivity index is 1.79. The highest BCUT2D eigenvalue weighted by molar-refractivity contribution is 5.91. The number of carbonyl (C=O) groups excluding carboxylic acids is 1. The predicted octanol–water partition coefficient (Wildman–Crippen LogP) is 2.84. The molecule has 32 heavy (non-hydrogen) atoms. The highest BCUT2D eigenvalue weighted by atomic mass is 16.5. The summed E-state index contributed by atoms with van der Waals surface area (Å²) < 4.78 is 11.1. The molecule has 0 aliphatic heterocycles. The van der Waals surface area contributed by atoms with E-state index < -0.39 is 0 Å². The Hall–Kier alpha value is -3.56. The Morgan fingerprint density at radius 2 is 2.12 bits per heavy atom. The number of hydrogen-bond acceptors (Lipinski definition) is 6. The summed E-state index contributed by atoms with van der Waals surface area (Å²) in [6.45, 7) is 1.44. The van der Waals surface area contributed by atoms with Crippen LogP contribution in [0.1, 0.15) is 12.0 Å². The van der Waals surface area contributed by atoms with Gasteiger partial charge in [0.25, 0.3) is 0 Å². The quantitative estimate of drug-likeness (QED) is 0.341. The van der Waals surface area contributed by atoms with Crippen LogP contribution >= 0.6 is 0 Å². The van der Waals surface area contributed by atoms with Gasteiger partial charge < -0.3 is 30.5 Å². The van der Waals surface area contributed by atoms with Crippen LogP contribution in [0.5, 0.6) is 11.5 Å². The number of nitrogens with two attached hydrogens (primary N) is 1. The molecule has 3 rings (SSSR count). The molecule has 0 atom stereocenters. The van der Waals surface area contributed by atoms with Gasteiger partial charge in [0, 0.05) is 44.4 Å². The van der Waals surface area contributed by atoms with Gasteiger partial charge in [0.1, 0.15) is 11.5 Å². The molecular weight excluding hydrogens is 410 g/mol. The largest absolute Gasteiger partial charge is 0.497 e. The summed E-state index contributed by atoms with van der Waals surface area (Å²) in [5, 5.41) is 18.8. The van der Waals surface area contributed by atoms with Gasteiger partial charge in [-0.05, 0) is 35.4 Å². The Morgan fingerprint density at radius 1 is 1.25 bits per heavy atom. The SMILES string of the molecule is COc1cccc(CN(CCN)C(=O)Nc2ccc(-c3cn[nH]c3)cc2OCCCO)c1. The van der Waals surface area contributed by atoms with Crippen LogP contribution in [-0.4, -0.2) is 59.6 Å². The number of nitrogens with one attached hydrogen (secondary N) is 2. The molecule has 2 aromatic carbocycles. The number of rotatable bonds is 11. The number of carbonyl (C=O) groups is 1. The molecule has 0 fully saturated rings. The lowest BCUT2D eigenvalue weighted by Crippen LogP contribution is -2.38. The average molecular weight is 440 g/mol. The van der Waals surface area contributed by atoms with E-state index in [9.17, 15) is 4.79 Å². The lowest BCUT2D eigenvalue weighted by Gasteiger charge is -2.24. The number of ether oxygens (including phenoxy) is 2. The van der Waals surface area contributed by atoms with E-state index in [1.807, 2.05) is 36.4 Å². The molecule has 0 spiro atoms. The summed E-state index contributed by atoms with van der Waals surface area (Å²) in [5.74, 6) is 1.24.